The normalized spacial score (nSPS) is 20.1. The molecule has 2 unspecified atom stereocenters. The predicted octanol–water partition coefficient (Wildman–Crippen LogP) is 2.29. The van der Waals surface area contributed by atoms with Crippen LogP contribution in [0.15, 0.2) is 6.20 Å². The zero-order valence-electron chi connectivity index (χ0n) is 12.3. The Kier molecular flexibility index (Phi) is 5.28. The van der Waals surface area contributed by atoms with Gasteiger partial charge in [-0.2, -0.15) is 0 Å². The Balaban J connectivity index is 2.03. The summed E-state index contributed by atoms with van der Waals surface area (Å²) in [6.07, 6.45) is 5.39. The first kappa shape index (κ1) is 14.4. The average molecular weight is 263 g/mol. The molecule has 0 amide bonds. The number of nitrogens with one attached hydrogen (secondary N) is 1. The van der Waals surface area contributed by atoms with E-state index in [1.54, 1.807) is 0 Å². The molecule has 1 N–H and O–H groups in total. The van der Waals surface area contributed by atoms with Gasteiger partial charge in [0.05, 0.1) is 0 Å². The number of aryl methyl sites for hydroxylation is 1. The summed E-state index contributed by atoms with van der Waals surface area (Å²) in [5.41, 5.74) is 2.55. The van der Waals surface area contributed by atoms with E-state index in [0.717, 1.165) is 37.7 Å². The zero-order chi connectivity index (χ0) is 13.7. The van der Waals surface area contributed by atoms with Crippen molar-refractivity contribution in [3.8, 4) is 0 Å². The number of ether oxygens (including phenoxy) is 1. The van der Waals surface area contributed by atoms with Gasteiger partial charge >= 0.3 is 0 Å². The molecule has 19 heavy (non-hydrogen) atoms. The number of nitrogens with zero attached hydrogens (tertiary/aromatic N) is 2. The van der Waals surface area contributed by atoms with Gasteiger partial charge in [-0.25, -0.2) is 9.97 Å². The Morgan fingerprint density at radius 2 is 2.32 bits per heavy atom. The van der Waals surface area contributed by atoms with Gasteiger partial charge in [-0.3, -0.25) is 0 Å². The fourth-order valence-electron chi connectivity index (χ4n) is 2.64. The number of fused-ring (bicyclic) bond motifs is 1. The summed E-state index contributed by atoms with van der Waals surface area (Å²) in [5.74, 6) is 1.55. The molecule has 0 fully saturated rings. The molecule has 0 radical (unpaired) electrons. The lowest BCUT2D eigenvalue weighted by molar-refractivity contribution is 0.0697. The van der Waals surface area contributed by atoms with Crippen LogP contribution in [-0.4, -0.2) is 29.7 Å². The third kappa shape index (κ3) is 3.74. The maximum atomic E-state index is 5.56. The maximum absolute atomic E-state index is 5.56. The molecule has 1 heterocycles. The minimum atomic E-state index is -0.00483. The zero-order valence-corrected chi connectivity index (χ0v) is 12.3. The topological polar surface area (TPSA) is 47.0 Å². The van der Waals surface area contributed by atoms with Crippen molar-refractivity contribution in [2.45, 2.75) is 46.1 Å². The number of rotatable bonds is 6. The molecule has 4 nitrogen and oxygen atoms in total. The van der Waals surface area contributed by atoms with E-state index in [1.165, 1.54) is 17.7 Å². The molecule has 1 aliphatic carbocycles. The van der Waals surface area contributed by atoms with E-state index in [2.05, 4.69) is 17.2 Å². The highest BCUT2D eigenvalue weighted by molar-refractivity contribution is 5.22. The molecule has 0 aromatic carbocycles. The summed E-state index contributed by atoms with van der Waals surface area (Å²) in [6, 6.07) is 0. The molecule has 4 heteroatoms. The lowest BCUT2D eigenvalue weighted by Gasteiger charge is -2.24. The van der Waals surface area contributed by atoms with Crippen molar-refractivity contribution < 1.29 is 4.74 Å². The van der Waals surface area contributed by atoms with E-state index in [-0.39, 0.29) is 6.10 Å². The molecule has 2 atom stereocenters. The van der Waals surface area contributed by atoms with Crippen LogP contribution in [0.3, 0.4) is 0 Å². The molecular formula is C15H25N3O. The van der Waals surface area contributed by atoms with Crippen molar-refractivity contribution in [1.82, 2.24) is 15.3 Å². The fourth-order valence-corrected chi connectivity index (χ4v) is 2.64. The van der Waals surface area contributed by atoms with E-state index in [1.807, 2.05) is 20.0 Å². The highest BCUT2D eigenvalue weighted by Gasteiger charge is 2.21. The molecule has 0 aliphatic heterocycles. The van der Waals surface area contributed by atoms with Crippen molar-refractivity contribution in [3.63, 3.8) is 0 Å². The molecule has 0 saturated heterocycles. The van der Waals surface area contributed by atoms with E-state index >= 15 is 0 Å². The summed E-state index contributed by atoms with van der Waals surface area (Å²) in [7, 11) is 0. The van der Waals surface area contributed by atoms with E-state index in [9.17, 15) is 0 Å². The SMILES string of the molecule is CCNCC1CCc2nc(C(C)OCC)ncc2C1. The lowest BCUT2D eigenvalue weighted by Crippen LogP contribution is -2.28. The third-order valence-electron chi connectivity index (χ3n) is 3.73. The van der Waals surface area contributed by atoms with Gasteiger partial charge in [0, 0.05) is 18.5 Å². The molecular weight excluding hydrogens is 238 g/mol. The van der Waals surface area contributed by atoms with E-state index < -0.39 is 0 Å². The summed E-state index contributed by atoms with van der Waals surface area (Å²) < 4.78 is 5.56. The molecule has 0 bridgehead atoms. The number of hydrogen-bond donors (Lipinski definition) is 1. The van der Waals surface area contributed by atoms with Crippen LogP contribution in [0, 0.1) is 5.92 Å². The van der Waals surface area contributed by atoms with Gasteiger partial charge < -0.3 is 10.1 Å². The lowest BCUT2D eigenvalue weighted by atomic mass is 9.87. The highest BCUT2D eigenvalue weighted by atomic mass is 16.5. The number of aromatic nitrogens is 2. The van der Waals surface area contributed by atoms with Gasteiger partial charge in [0.2, 0.25) is 0 Å². The smallest absolute Gasteiger partial charge is 0.157 e. The van der Waals surface area contributed by atoms with Crippen molar-refractivity contribution in [2.75, 3.05) is 19.7 Å². The van der Waals surface area contributed by atoms with Gasteiger partial charge in [0.15, 0.2) is 5.82 Å². The molecule has 0 saturated carbocycles. The van der Waals surface area contributed by atoms with Crippen molar-refractivity contribution in [1.29, 1.82) is 0 Å². The van der Waals surface area contributed by atoms with Crippen LogP contribution < -0.4 is 5.32 Å². The summed E-state index contributed by atoms with van der Waals surface area (Å²) >= 11 is 0. The van der Waals surface area contributed by atoms with Gasteiger partial charge in [-0.1, -0.05) is 6.92 Å². The van der Waals surface area contributed by atoms with Crippen LogP contribution in [0.4, 0.5) is 0 Å². The molecule has 2 rings (SSSR count). The minimum Gasteiger partial charge on any atom is -0.371 e. The first-order valence-electron chi connectivity index (χ1n) is 7.41. The van der Waals surface area contributed by atoms with Crippen LogP contribution in [0.5, 0.6) is 0 Å². The molecule has 1 aliphatic rings. The second-order valence-corrected chi connectivity index (χ2v) is 5.21. The van der Waals surface area contributed by atoms with Gasteiger partial charge in [0.25, 0.3) is 0 Å². The quantitative estimate of drug-likeness (QED) is 0.855. The Morgan fingerprint density at radius 1 is 1.47 bits per heavy atom. The molecule has 0 spiro atoms. The Bertz CT molecular complexity index is 408. The molecule has 106 valence electrons. The standard InChI is InChI=1S/C15H25N3O/c1-4-16-9-12-6-7-14-13(8-12)10-17-15(18-14)11(3)19-5-2/h10-12,16H,4-9H2,1-3H3. The third-order valence-corrected chi connectivity index (χ3v) is 3.73. The average Bonchev–Trinajstić information content (AvgIpc) is 2.44. The van der Waals surface area contributed by atoms with Crippen LogP contribution >= 0.6 is 0 Å². The molecule has 1 aromatic heterocycles. The molecule has 1 aromatic rings. The van der Waals surface area contributed by atoms with Gasteiger partial charge in [0.1, 0.15) is 6.10 Å². The van der Waals surface area contributed by atoms with Crippen LogP contribution in [0.2, 0.25) is 0 Å². The summed E-state index contributed by atoms with van der Waals surface area (Å²) in [5, 5.41) is 3.43. The Morgan fingerprint density at radius 3 is 3.05 bits per heavy atom. The fraction of sp³-hybridized carbons (Fsp3) is 0.733. The largest absolute Gasteiger partial charge is 0.371 e. The van der Waals surface area contributed by atoms with Gasteiger partial charge in [-0.05, 0) is 57.7 Å². The second-order valence-electron chi connectivity index (χ2n) is 5.21. The van der Waals surface area contributed by atoms with Crippen molar-refractivity contribution in [3.05, 3.63) is 23.3 Å². The van der Waals surface area contributed by atoms with Crippen LogP contribution in [0.1, 0.15) is 50.4 Å². The Labute approximate surface area is 116 Å². The monoisotopic (exact) mass is 263 g/mol. The maximum Gasteiger partial charge on any atom is 0.157 e. The first-order valence-corrected chi connectivity index (χ1v) is 7.41. The van der Waals surface area contributed by atoms with Crippen LogP contribution in [-0.2, 0) is 17.6 Å². The minimum absolute atomic E-state index is 0.00483. The Hall–Kier alpha value is -1.00. The predicted molar refractivity (Wildman–Crippen MR) is 76.1 cm³/mol. The van der Waals surface area contributed by atoms with Crippen molar-refractivity contribution in [2.24, 2.45) is 5.92 Å². The summed E-state index contributed by atoms with van der Waals surface area (Å²) in [6.45, 7) is 9.02. The van der Waals surface area contributed by atoms with Gasteiger partial charge in [-0.15, -0.1) is 0 Å². The first-order chi connectivity index (χ1) is 9.24. The summed E-state index contributed by atoms with van der Waals surface area (Å²) in [4.78, 5) is 9.16. The van der Waals surface area contributed by atoms with Crippen LogP contribution in [0.25, 0.3) is 0 Å². The van der Waals surface area contributed by atoms with E-state index in [4.69, 9.17) is 9.72 Å². The van der Waals surface area contributed by atoms with Crippen molar-refractivity contribution >= 4 is 0 Å². The number of hydrogen-bond acceptors (Lipinski definition) is 4. The highest BCUT2D eigenvalue weighted by Crippen LogP contribution is 2.24. The van der Waals surface area contributed by atoms with E-state index in [0.29, 0.717) is 6.61 Å². The second kappa shape index (κ2) is 6.96.